The van der Waals surface area contributed by atoms with E-state index in [2.05, 4.69) is 80.8 Å². The molecule has 0 unspecified atom stereocenters. The van der Waals surface area contributed by atoms with Crippen LogP contribution in [0.1, 0.15) is 24.0 Å². The SMILES string of the molecule is CN=C(NCc1ccccc1N1CCOCC1)N1CCC(=Cc2ccccc2)CC1.I. The Morgan fingerprint density at radius 3 is 2.35 bits per heavy atom. The van der Waals surface area contributed by atoms with Crippen molar-refractivity contribution in [3.8, 4) is 0 Å². The number of rotatable bonds is 4. The van der Waals surface area contributed by atoms with Crippen molar-refractivity contribution in [2.45, 2.75) is 19.4 Å². The Bertz CT molecular complexity index is 868. The lowest BCUT2D eigenvalue weighted by Crippen LogP contribution is -2.44. The van der Waals surface area contributed by atoms with Crippen LogP contribution in [0, 0.1) is 0 Å². The highest BCUT2D eigenvalue weighted by Gasteiger charge is 2.18. The maximum atomic E-state index is 5.51. The Hall–Kier alpha value is -2.06. The van der Waals surface area contributed by atoms with Crippen LogP contribution in [0.5, 0.6) is 0 Å². The molecule has 4 rings (SSSR count). The molecule has 31 heavy (non-hydrogen) atoms. The lowest BCUT2D eigenvalue weighted by atomic mass is 10.0. The van der Waals surface area contributed by atoms with E-state index < -0.39 is 0 Å². The second kappa shape index (κ2) is 12.1. The molecule has 166 valence electrons. The van der Waals surface area contributed by atoms with Crippen LogP contribution in [-0.2, 0) is 11.3 Å². The summed E-state index contributed by atoms with van der Waals surface area (Å²) in [5.41, 5.74) is 5.42. The van der Waals surface area contributed by atoms with Crippen LogP contribution in [0.15, 0.2) is 65.2 Å². The maximum Gasteiger partial charge on any atom is 0.193 e. The van der Waals surface area contributed by atoms with Gasteiger partial charge in [-0.2, -0.15) is 0 Å². The molecule has 2 aromatic carbocycles. The van der Waals surface area contributed by atoms with E-state index in [1.54, 1.807) is 0 Å². The predicted octanol–water partition coefficient (Wildman–Crippen LogP) is 4.40. The fourth-order valence-electron chi connectivity index (χ4n) is 4.21. The third-order valence-electron chi connectivity index (χ3n) is 5.87. The van der Waals surface area contributed by atoms with E-state index in [0.717, 1.165) is 64.7 Å². The quantitative estimate of drug-likeness (QED) is 0.360. The molecule has 0 amide bonds. The number of halogens is 1. The van der Waals surface area contributed by atoms with Crippen molar-refractivity contribution in [3.63, 3.8) is 0 Å². The van der Waals surface area contributed by atoms with Gasteiger partial charge in [0.1, 0.15) is 0 Å². The first-order chi connectivity index (χ1) is 14.8. The van der Waals surface area contributed by atoms with Gasteiger partial charge in [-0.3, -0.25) is 4.99 Å². The van der Waals surface area contributed by atoms with Gasteiger partial charge in [0.05, 0.1) is 13.2 Å². The van der Waals surface area contributed by atoms with Gasteiger partial charge in [0, 0.05) is 45.5 Å². The van der Waals surface area contributed by atoms with Crippen LogP contribution >= 0.6 is 24.0 Å². The molecule has 5 nitrogen and oxygen atoms in total. The summed E-state index contributed by atoms with van der Waals surface area (Å²) in [4.78, 5) is 9.35. The third-order valence-corrected chi connectivity index (χ3v) is 5.87. The van der Waals surface area contributed by atoms with Gasteiger partial charge in [-0.25, -0.2) is 0 Å². The summed E-state index contributed by atoms with van der Waals surface area (Å²) >= 11 is 0. The minimum Gasteiger partial charge on any atom is -0.378 e. The van der Waals surface area contributed by atoms with E-state index in [0.29, 0.717) is 0 Å². The molecule has 0 radical (unpaired) electrons. The summed E-state index contributed by atoms with van der Waals surface area (Å²) in [6.45, 7) is 6.30. The zero-order chi connectivity index (χ0) is 20.6. The molecule has 0 spiro atoms. The lowest BCUT2D eigenvalue weighted by Gasteiger charge is -2.33. The number of benzene rings is 2. The summed E-state index contributed by atoms with van der Waals surface area (Å²) in [5, 5.41) is 3.60. The Labute approximate surface area is 203 Å². The largest absolute Gasteiger partial charge is 0.378 e. The molecule has 2 heterocycles. The van der Waals surface area contributed by atoms with E-state index in [-0.39, 0.29) is 24.0 Å². The Morgan fingerprint density at radius 1 is 0.968 bits per heavy atom. The van der Waals surface area contributed by atoms with Crippen molar-refractivity contribution in [2.24, 2.45) is 4.99 Å². The Kier molecular flexibility index (Phi) is 9.21. The summed E-state index contributed by atoms with van der Waals surface area (Å²) < 4.78 is 5.51. The van der Waals surface area contributed by atoms with Crippen molar-refractivity contribution >= 4 is 41.7 Å². The van der Waals surface area contributed by atoms with Crippen molar-refractivity contribution < 1.29 is 4.74 Å². The molecular formula is C25H33IN4O. The molecule has 2 aromatic rings. The number of morpholine rings is 1. The van der Waals surface area contributed by atoms with Gasteiger partial charge in [-0.05, 0) is 30.0 Å². The highest BCUT2D eigenvalue weighted by molar-refractivity contribution is 14.0. The van der Waals surface area contributed by atoms with E-state index in [4.69, 9.17) is 4.74 Å². The number of nitrogens with one attached hydrogen (secondary N) is 1. The molecule has 2 aliphatic rings. The van der Waals surface area contributed by atoms with Gasteiger partial charge < -0.3 is 19.9 Å². The number of nitrogens with zero attached hydrogens (tertiary/aromatic N) is 3. The first-order valence-corrected chi connectivity index (χ1v) is 10.9. The summed E-state index contributed by atoms with van der Waals surface area (Å²) in [7, 11) is 1.88. The summed E-state index contributed by atoms with van der Waals surface area (Å²) in [5.74, 6) is 0.991. The van der Waals surface area contributed by atoms with Crippen molar-refractivity contribution in [3.05, 3.63) is 71.3 Å². The van der Waals surface area contributed by atoms with E-state index in [1.807, 2.05) is 7.05 Å². The zero-order valence-electron chi connectivity index (χ0n) is 18.3. The first kappa shape index (κ1) is 23.6. The second-order valence-electron chi connectivity index (χ2n) is 7.83. The van der Waals surface area contributed by atoms with Crippen LogP contribution < -0.4 is 10.2 Å². The average Bonchev–Trinajstić information content (AvgIpc) is 2.82. The van der Waals surface area contributed by atoms with Crippen LogP contribution in [0.3, 0.4) is 0 Å². The molecule has 2 fully saturated rings. The minimum absolute atomic E-state index is 0. The molecule has 0 bridgehead atoms. The Morgan fingerprint density at radius 2 is 1.65 bits per heavy atom. The molecule has 6 heteroatoms. The first-order valence-electron chi connectivity index (χ1n) is 10.9. The third kappa shape index (κ3) is 6.46. The molecule has 2 aliphatic heterocycles. The van der Waals surface area contributed by atoms with Crippen LogP contribution in [-0.4, -0.2) is 57.3 Å². The predicted molar refractivity (Wildman–Crippen MR) is 140 cm³/mol. The smallest absolute Gasteiger partial charge is 0.193 e. The summed E-state index contributed by atoms with van der Waals surface area (Å²) in [6.07, 6.45) is 4.51. The molecule has 0 atom stereocenters. The Balaban J connectivity index is 0.00000272. The number of para-hydroxylation sites is 1. The fourth-order valence-corrected chi connectivity index (χ4v) is 4.21. The molecule has 0 aromatic heterocycles. The zero-order valence-corrected chi connectivity index (χ0v) is 20.6. The number of hydrogen-bond acceptors (Lipinski definition) is 3. The average molecular weight is 532 g/mol. The monoisotopic (exact) mass is 532 g/mol. The van der Waals surface area contributed by atoms with Crippen molar-refractivity contribution in [2.75, 3.05) is 51.3 Å². The van der Waals surface area contributed by atoms with Crippen LogP contribution in [0.2, 0.25) is 0 Å². The van der Waals surface area contributed by atoms with Gasteiger partial charge in [-0.1, -0.05) is 60.2 Å². The molecular weight excluding hydrogens is 499 g/mol. The fraction of sp³-hybridized carbons (Fsp3) is 0.400. The number of anilines is 1. The topological polar surface area (TPSA) is 40.1 Å². The molecule has 1 N–H and O–H groups in total. The molecule has 2 saturated heterocycles. The number of piperidine rings is 1. The van der Waals surface area contributed by atoms with Gasteiger partial charge in [-0.15, -0.1) is 24.0 Å². The summed E-state index contributed by atoms with van der Waals surface area (Å²) in [6, 6.07) is 19.3. The van der Waals surface area contributed by atoms with Crippen LogP contribution in [0.4, 0.5) is 5.69 Å². The van der Waals surface area contributed by atoms with E-state index in [9.17, 15) is 0 Å². The number of aliphatic imine (C=N–C) groups is 1. The van der Waals surface area contributed by atoms with E-state index in [1.165, 1.54) is 22.4 Å². The second-order valence-corrected chi connectivity index (χ2v) is 7.83. The molecule has 0 aliphatic carbocycles. The lowest BCUT2D eigenvalue weighted by molar-refractivity contribution is 0.122. The number of likely N-dealkylation sites (tertiary alicyclic amines) is 1. The van der Waals surface area contributed by atoms with Gasteiger partial charge >= 0.3 is 0 Å². The highest BCUT2D eigenvalue weighted by Crippen LogP contribution is 2.22. The number of ether oxygens (including phenoxy) is 1. The van der Waals surface area contributed by atoms with E-state index >= 15 is 0 Å². The standard InChI is InChI=1S/C25H32N4O.HI/c1-26-25(29-13-11-22(12-14-29)19-21-7-3-2-4-8-21)27-20-23-9-5-6-10-24(23)28-15-17-30-18-16-28;/h2-10,19H,11-18,20H2,1H3,(H,26,27);1H. The number of guanidine groups is 1. The van der Waals surface area contributed by atoms with Gasteiger partial charge in [0.15, 0.2) is 5.96 Å². The van der Waals surface area contributed by atoms with Gasteiger partial charge in [0.25, 0.3) is 0 Å². The minimum atomic E-state index is 0. The number of hydrogen-bond donors (Lipinski definition) is 1. The molecule has 0 saturated carbocycles. The van der Waals surface area contributed by atoms with Crippen LogP contribution in [0.25, 0.3) is 6.08 Å². The normalized spacial score (nSPS) is 17.2. The maximum absolute atomic E-state index is 5.51. The van der Waals surface area contributed by atoms with Crippen molar-refractivity contribution in [1.29, 1.82) is 0 Å². The van der Waals surface area contributed by atoms with Crippen molar-refractivity contribution in [1.82, 2.24) is 10.2 Å². The van der Waals surface area contributed by atoms with Gasteiger partial charge in [0.2, 0.25) is 0 Å². The highest BCUT2D eigenvalue weighted by atomic mass is 127.